The molecule has 0 atom stereocenters. The Kier molecular flexibility index (Phi) is 7.01. The zero-order valence-corrected chi connectivity index (χ0v) is 13.7. The smallest absolute Gasteiger partial charge is 0.274 e. The maximum absolute atomic E-state index is 11.3. The van der Waals surface area contributed by atoms with Gasteiger partial charge in [-0.3, -0.25) is 10.0 Å². The van der Waals surface area contributed by atoms with Crippen LogP contribution in [-0.2, 0) is 0 Å². The number of rotatable bonds is 8. The molecule has 0 aliphatic carbocycles. The third-order valence-electron chi connectivity index (χ3n) is 3.38. The Morgan fingerprint density at radius 2 is 1.83 bits per heavy atom. The normalized spacial score (nSPS) is 11.2. The van der Waals surface area contributed by atoms with E-state index in [1.165, 1.54) is 5.57 Å². The molecule has 3 N–H and O–H groups in total. The van der Waals surface area contributed by atoms with Crippen molar-refractivity contribution in [3.05, 3.63) is 71.3 Å². The summed E-state index contributed by atoms with van der Waals surface area (Å²) < 4.78 is 5.61. The van der Waals surface area contributed by atoms with Crippen LogP contribution in [0.25, 0.3) is 6.08 Å². The number of ether oxygens (including phenoxy) is 1. The summed E-state index contributed by atoms with van der Waals surface area (Å²) >= 11 is 0. The maximum Gasteiger partial charge on any atom is 0.274 e. The average molecular weight is 326 g/mol. The molecule has 0 unspecified atom stereocenters. The van der Waals surface area contributed by atoms with E-state index < -0.39 is 5.91 Å². The van der Waals surface area contributed by atoms with Crippen LogP contribution in [0.3, 0.4) is 0 Å². The molecule has 0 aliphatic rings. The van der Waals surface area contributed by atoms with Crippen molar-refractivity contribution in [1.82, 2.24) is 10.8 Å². The number of hydrogen-bond acceptors (Lipinski definition) is 4. The lowest BCUT2D eigenvalue weighted by atomic mass is 10.1. The van der Waals surface area contributed by atoms with Crippen molar-refractivity contribution < 1.29 is 14.7 Å². The minimum Gasteiger partial charge on any atom is -0.492 e. The van der Waals surface area contributed by atoms with Gasteiger partial charge >= 0.3 is 0 Å². The quantitative estimate of drug-likeness (QED) is 0.396. The summed E-state index contributed by atoms with van der Waals surface area (Å²) in [6.07, 6.45) is 2.05. The van der Waals surface area contributed by atoms with E-state index in [1.807, 2.05) is 55.5 Å². The van der Waals surface area contributed by atoms with Gasteiger partial charge in [0, 0.05) is 18.7 Å². The second-order valence-corrected chi connectivity index (χ2v) is 5.39. The van der Waals surface area contributed by atoms with Crippen molar-refractivity contribution >= 4 is 12.0 Å². The highest BCUT2D eigenvalue weighted by Gasteiger charge is 2.02. The van der Waals surface area contributed by atoms with Crippen molar-refractivity contribution in [2.45, 2.75) is 6.92 Å². The lowest BCUT2D eigenvalue weighted by Crippen LogP contribution is -2.22. The lowest BCUT2D eigenvalue weighted by Gasteiger charge is -2.08. The number of hydrogen-bond donors (Lipinski definition) is 3. The van der Waals surface area contributed by atoms with Gasteiger partial charge in [0.1, 0.15) is 12.4 Å². The molecule has 0 heterocycles. The summed E-state index contributed by atoms with van der Waals surface area (Å²) in [4.78, 5) is 11.3. The molecule has 0 radical (unpaired) electrons. The fourth-order valence-electron chi connectivity index (χ4n) is 2.17. The fraction of sp³-hybridized carbons (Fsp3) is 0.211. The monoisotopic (exact) mass is 326 g/mol. The Hall–Kier alpha value is -2.63. The van der Waals surface area contributed by atoms with Crippen LogP contribution in [0.4, 0.5) is 0 Å². The summed E-state index contributed by atoms with van der Waals surface area (Å²) in [5, 5.41) is 11.9. The lowest BCUT2D eigenvalue weighted by molar-refractivity contribution is 0.0706. The Morgan fingerprint density at radius 1 is 1.12 bits per heavy atom. The standard InChI is InChI=1S/C19H22N2O3/c1-15(13-16-7-9-17(10-8-16)19(22)21-23)14-20-11-12-24-18-5-3-2-4-6-18/h2-10,13,20,23H,11-12,14H2,1H3,(H,21,22)/b15-13-. The van der Waals surface area contributed by atoms with E-state index in [-0.39, 0.29) is 0 Å². The molecule has 0 bridgehead atoms. The van der Waals surface area contributed by atoms with Crippen molar-refractivity contribution in [2.24, 2.45) is 0 Å². The Morgan fingerprint density at radius 3 is 2.50 bits per heavy atom. The molecule has 126 valence electrons. The summed E-state index contributed by atoms with van der Waals surface area (Å²) in [6.45, 7) is 4.17. The van der Waals surface area contributed by atoms with Gasteiger partial charge in [-0.2, -0.15) is 0 Å². The van der Waals surface area contributed by atoms with Crippen LogP contribution in [-0.4, -0.2) is 30.8 Å². The fourth-order valence-corrected chi connectivity index (χ4v) is 2.17. The topological polar surface area (TPSA) is 70.6 Å². The zero-order chi connectivity index (χ0) is 17.2. The highest BCUT2D eigenvalue weighted by molar-refractivity contribution is 5.93. The molecule has 5 heteroatoms. The number of carbonyl (C=O) groups is 1. The Bertz CT molecular complexity index is 667. The molecule has 24 heavy (non-hydrogen) atoms. The molecule has 0 fully saturated rings. The molecule has 1 amide bonds. The largest absolute Gasteiger partial charge is 0.492 e. The van der Waals surface area contributed by atoms with Gasteiger partial charge in [-0.25, -0.2) is 5.48 Å². The summed E-state index contributed by atoms with van der Waals surface area (Å²) in [5.41, 5.74) is 4.22. The average Bonchev–Trinajstić information content (AvgIpc) is 2.62. The van der Waals surface area contributed by atoms with Crippen molar-refractivity contribution in [3.8, 4) is 5.75 Å². The minimum atomic E-state index is -0.512. The highest BCUT2D eigenvalue weighted by atomic mass is 16.5. The molecule has 2 aromatic carbocycles. The molecule has 0 aromatic heterocycles. The highest BCUT2D eigenvalue weighted by Crippen LogP contribution is 2.09. The van der Waals surface area contributed by atoms with Gasteiger partial charge in [0.15, 0.2) is 0 Å². The van der Waals surface area contributed by atoms with Crippen LogP contribution in [0, 0.1) is 0 Å². The Labute approximate surface area is 141 Å². The van der Waals surface area contributed by atoms with Crippen LogP contribution < -0.4 is 15.5 Å². The minimum absolute atomic E-state index is 0.420. The number of benzene rings is 2. The van der Waals surface area contributed by atoms with E-state index in [9.17, 15) is 4.79 Å². The van der Waals surface area contributed by atoms with Gasteiger partial charge in [0.25, 0.3) is 5.91 Å². The van der Waals surface area contributed by atoms with Gasteiger partial charge in [-0.15, -0.1) is 0 Å². The molecule has 5 nitrogen and oxygen atoms in total. The number of amides is 1. The molecular formula is C19H22N2O3. The van der Waals surface area contributed by atoms with Crippen LogP contribution in [0.2, 0.25) is 0 Å². The first kappa shape index (κ1) is 17.7. The number of hydroxylamine groups is 1. The van der Waals surface area contributed by atoms with E-state index >= 15 is 0 Å². The molecule has 0 aliphatic heterocycles. The molecule has 0 saturated heterocycles. The van der Waals surface area contributed by atoms with Gasteiger partial charge in [0.2, 0.25) is 0 Å². The van der Waals surface area contributed by atoms with Crippen molar-refractivity contribution in [3.63, 3.8) is 0 Å². The van der Waals surface area contributed by atoms with Gasteiger partial charge < -0.3 is 10.1 Å². The van der Waals surface area contributed by atoms with Crippen LogP contribution in [0.15, 0.2) is 60.2 Å². The molecule has 2 aromatic rings. The SMILES string of the molecule is C/C(=C/c1ccc(C(=O)NO)cc1)CNCCOc1ccccc1. The first-order valence-corrected chi connectivity index (χ1v) is 7.79. The van der Waals surface area contributed by atoms with Crippen LogP contribution >= 0.6 is 0 Å². The van der Waals surface area contributed by atoms with Crippen molar-refractivity contribution in [1.29, 1.82) is 0 Å². The number of para-hydroxylation sites is 1. The number of carbonyl (C=O) groups excluding carboxylic acids is 1. The molecular weight excluding hydrogens is 304 g/mol. The van der Waals surface area contributed by atoms with Gasteiger partial charge in [0.05, 0.1) is 0 Å². The first-order chi connectivity index (χ1) is 11.7. The second kappa shape index (κ2) is 9.50. The second-order valence-electron chi connectivity index (χ2n) is 5.39. The van der Waals surface area contributed by atoms with E-state index in [0.717, 1.165) is 24.4 Å². The molecule has 0 saturated carbocycles. The summed E-state index contributed by atoms with van der Waals surface area (Å²) in [7, 11) is 0. The number of nitrogens with one attached hydrogen (secondary N) is 2. The van der Waals surface area contributed by atoms with Crippen LogP contribution in [0.5, 0.6) is 5.75 Å². The predicted octanol–water partition coefficient (Wildman–Crippen LogP) is 2.88. The van der Waals surface area contributed by atoms with E-state index in [2.05, 4.69) is 5.32 Å². The maximum atomic E-state index is 11.3. The van der Waals surface area contributed by atoms with E-state index in [0.29, 0.717) is 12.2 Å². The first-order valence-electron chi connectivity index (χ1n) is 7.79. The summed E-state index contributed by atoms with van der Waals surface area (Å²) in [5.74, 6) is 0.362. The van der Waals surface area contributed by atoms with Crippen LogP contribution in [0.1, 0.15) is 22.8 Å². The van der Waals surface area contributed by atoms with E-state index in [1.54, 1.807) is 17.6 Å². The predicted molar refractivity (Wildman–Crippen MR) is 94.2 cm³/mol. The van der Waals surface area contributed by atoms with Gasteiger partial charge in [-0.05, 0) is 36.8 Å². The third kappa shape index (κ3) is 5.87. The van der Waals surface area contributed by atoms with Gasteiger partial charge in [-0.1, -0.05) is 42.0 Å². The summed E-state index contributed by atoms with van der Waals surface area (Å²) in [6, 6.07) is 16.8. The molecule has 0 spiro atoms. The third-order valence-corrected chi connectivity index (χ3v) is 3.38. The van der Waals surface area contributed by atoms with Crippen molar-refractivity contribution in [2.75, 3.05) is 19.7 Å². The molecule has 2 rings (SSSR count). The van der Waals surface area contributed by atoms with E-state index in [4.69, 9.17) is 9.94 Å². The zero-order valence-electron chi connectivity index (χ0n) is 13.7. The Balaban J connectivity index is 1.72.